The number of benzene rings is 1. The average molecular weight is 239 g/mol. The van der Waals surface area contributed by atoms with Crippen LogP contribution in [-0.2, 0) is 4.79 Å². The summed E-state index contributed by atoms with van der Waals surface area (Å²) in [6.07, 6.45) is -0.818. The summed E-state index contributed by atoms with van der Waals surface area (Å²) in [5, 5.41) is 10.4. The van der Waals surface area contributed by atoms with E-state index in [-0.39, 0.29) is 0 Å². The molecule has 0 aromatic heterocycles. The average Bonchev–Trinajstić information content (AvgIpc) is 2.27. The molecule has 1 aromatic rings. The third kappa shape index (κ3) is 4.87. The van der Waals surface area contributed by atoms with Gasteiger partial charge in [0.1, 0.15) is 18.0 Å². The Bertz CT molecular complexity index is 405. The molecule has 0 atom stereocenters. The Morgan fingerprint density at radius 3 is 2.71 bits per heavy atom. The van der Waals surface area contributed by atoms with E-state index < -0.39 is 18.6 Å². The molecule has 1 aromatic carbocycles. The van der Waals surface area contributed by atoms with Gasteiger partial charge < -0.3 is 19.9 Å². The molecule has 17 heavy (non-hydrogen) atoms. The molecule has 6 heteroatoms. The Hall–Kier alpha value is -2.24. The zero-order chi connectivity index (χ0) is 12.7. The number of aliphatic carboxylic acids is 1. The number of carboxylic acids is 1. The first-order valence-electron chi connectivity index (χ1n) is 5.02. The number of carbonyl (C=O) groups is 2. The highest BCUT2D eigenvalue weighted by Crippen LogP contribution is 2.19. The van der Waals surface area contributed by atoms with Crippen molar-refractivity contribution in [1.82, 2.24) is 5.32 Å². The van der Waals surface area contributed by atoms with Gasteiger partial charge in [0.2, 0.25) is 0 Å². The smallest absolute Gasteiger partial charge is 0.413 e. The lowest BCUT2D eigenvalue weighted by Gasteiger charge is -2.07. The maximum Gasteiger partial charge on any atom is 0.413 e. The SMILES string of the molecule is CCOc1cccc(OC(=O)NCC(=O)O)c1. The molecule has 0 saturated carbocycles. The Labute approximate surface area is 98.2 Å². The van der Waals surface area contributed by atoms with Crippen LogP contribution in [0.25, 0.3) is 0 Å². The van der Waals surface area contributed by atoms with Crippen molar-refractivity contribution in [3.63, 3.8) is 0 Å². The Morgan fingerprint density at radius 1 is 1.35 bits per heavy atom. The van der Waals surface area contributed by atoms with Crippen molar-refractivity contribution in [2.45, 2.75) is 6.92 Å². The topological polar surface area (TPSA) is 84.9 Å². The van der Waals surface area contributed by atoms with E-state index in [1.165, 1.54) is 0 Å². The van der Waals surface area contributed by atoms with Gasteiger partial charge in [0, 0.05) is 6.07 Å². The molecule has 0 saturated heterocycles. The third-order valence-electron chi connectivity index (χ3n) is 1.71. The van der Waals surface area contributed by atoms with Gasteiger partial charge in [0.25, 0.3) is 0 Å². The van der Waals surface area contributed by atoms with Crippen LogP contribution in [0.4, 0.5) is 4.79 Å². The third-order valence-corrected chi connectivity index (χ3v) is 1.71. The molecule has 92 valence electrons. The Morgan fingerprint density at radius 2 is 2.06 bits per heavy atom. The molecule has 0 heterocycles. The van der Waals surface area contributed by atoms with E-state index in [0.29, 0.717) is 18.1 Å². The fourth-order valence-electron chi connectivity index (χ4n) is 1.09. The number of ether oxygens (including phenoxy) is 2. The summed E-state index contributed by atoms with van der Waals surface area (Å²) in [5.41, 5.74) is 0. The number of nitrogens with one attached hydrogen (secondary N) is 1. The number of carbonyl (C=O) groups excluding carboxylic acids is 1. The standard InChI is InChI=1S/C11H13NO5/c1-2-16-8-4-3-5-9(6-8)17-11(15)12-7-10(13)14/h3-6H,2,7H2,1H3,(H,12,15)(H,13,14). The summed E-state index contributed by atoms with van der Waals surface area (Å²) in [4.78, 5) is 21.4. The van der Waals surface area contributed by atoms with Gasteiger partial charge in [-0.3, -0.25) is 4.79 Å². The predicted molar refractivity (Wildman–Crippen MR) is 59.3 cm³/mol. The van der Waals surface area contributed by atoms with E-state index in [4.69, 9.17) is 14.6 Å². The van der Waals surface area contributed by atoms with Gasteiger partial charge in [-0.25, -0.2) is 4.79 Å². The summed E-state index contributed by atoms with van der Waals surface area (Å²) in [7, 11) is 0. The van der Waals surface area contributed by atoms with Crippen molar-refractivity contribution in [2.24, 2.45) is 0 Å². The summed E-state index contributed by atoms with van der Waals surface area (Å²) in [6, 6.07) is 6.52. The van der Waals surface area contributed by atoms with E-state index in [9.17, 15) is 9.59 Å². The minimum absolute atomic E-state index is 0.291. The van der Waals surface area contributed by atoms with Crippen LogP contribution in [0.2, 0.25) is 0 Å². The molecule has 0 bridgehead atoms. The van der Waals surface area contributed by atoms with Crippen LogP contribution in [0.5, 0.6) is 11.5 Å². The first-order valence-corrected chi connectivity index (χ1v) is 5.02. The largest absolute Gasteiger partial charge is 0.494 e. The molecule has 0 aliphatic heterocycles. The minimum Gasteiger partial charge on any atom is -0.494 e. The first kappa shape index (κ1) is 12.8. The van der Waals surface area contributed by atoms with Crippen LogP contribution < -0.4 is 14.8 Å². The maximum atomic E-state index is 11.1. The number of hydrogen-bond acceptors (Lipinski definition) is 4. The molecule has 0 radical (unpaired) electrons. The zero-order valence-electron chi connectivity index (χ0n) is 9.30. The molecule has 0 unspecified atom stereocenters. The Balaban J connectivity index is 2.52. The second kappa shape index (κ2) is 6.37. The lowest BCUT2D eigenvalue weighted by Crippen LogP contribution is -2.31. The first-order chi connectivity index (χ1) is 8.11. The molecule has 6 nitrogen and oxygen atoms in total. The number of hydrogen-bond donors (Lipinski definition) is 2. The normalized spacial score (nSPS) is 9.47. The fourth-order valence-corrected chi connectivity index (χ4v) is 1.09. The van der Waals surface area contributed by atoms with Crippen molar-refractivity contribution in [3.8, 4) is 11.5 Å². The number of amides is 1. The van der Waals surface area contributed by atoms with Crippen molar-refractivity contribution < 1.29 is 24.2 Å². The van der Waals surface area contributed by atoms with E-state index >= 15 is 0 Å². The van der Waals surface area contributed by atoms with Crippen LogP contribution >= 0.6 is 0 Å². The molecular weight excluding hydrogens is 226 g/mol. The van der Waals surface area contributed by atoms with Gasteiger partial charge in [-0.15, -0.1) is 0 Å². The Kier molecular flexibility index (Phi) is 4.80. The molecular formula is C11H13NO5. The lowest BCUT2D eigenvalue weighted by molar-refractivity contribution is -0.135. The fraction of sp³-hybridized carbons (Fsp3) is 0.273. The molecule has 0 aliphatic carbocycles. The second-order valence-electron chi connectivity index (χ2n) is 3.04. The minimum atomic E-state index is -1.13. The zero-order valence-corrected chi connectivity index (χ0v) is 9.30. The maximum absolute atomic E-state index is 11.1. The highest BCUT2D eigenvalue weighted by Gasteiger charge is 2.06. The summed E-state index contributed by atoms with van der Waals surface area (Å²) >= 11 is 0. The molecule has 0 fully saturated rings. The molecule has 2 N–H and O–H groups in total. The van der Waals surface area contributed by atoms with Crippen LogP contribution in [-0.4, -0.2) is 30.3 Å². The second-order valence-corrected chi connectivity index (χ2v) is 3.04. The van der Waals surface area contributed by atoms with E-state index in [0.717, 1.165) is 0 Å². The van der Waals surface area contributed by atoms with Crippen molar-refractivity contribution in [2.75, 3.05) is 13.2 Å². The molecule has 1 amide bonds. The van der Waals surface area contributed by atoms with E-state index in [1.807, 2.05) is 6.92 Å². The van der Waals surface area contributed by atoms with Crippen LogP contribution in [0.15, 0.2) is 24.3 Å². The van der Waals surface area contributed by atoms with Crippen LogP contribution in [0, 0.1) is 0 Å². The predicted octanol–water partition coefficient (Wildman–Crippen LogP) is 1.26. The molecule has 0 spiro atoms. The quantitative estimate of drug-likeness (QED) is 0.807. The summed E-state index contributed by atoms with van der Waals surface area (Å²) < 4.78 is 10.1. The van der Waals surface area contributed by atoms with Gasteiger partial charge in [0.15, 0.2) is 0 Å². The van der Waals surface area contributed by atoms with Gasteiger partial charge in [-0.05, 0) is 19.1 Å². The summed E-state index contributed by atoms with van der Waals surface area (Å²) in [6.45, 7) is 1.87. The summed E-state index contributed by atoms with van der Waals surface area (Å²) in [5.74, 6) is -0.264. The highest BCUT2D eigenvalue weighted by molar-refractivity contribution is 5.77. The monoisotopic (exact) mass is 239 g/mol. The van der Waals surface area contributed by atoms with Crippen LogP contribution in [0.3, 0.4) is 0 Å². The van der Waals surface area contributed by atoms with Gasteiger partial charge in [0.05, 0.1) is 6.61 Å². The van der Waals surface area contributed by atoms with Crippen molar-refractivity contribution in [1.29, 1.82) is 0 Å². The highest BCUT2D eigenvalue weighted by atomic mass is 16.6. The number of carboxylic acid groups (broad SMARTS) is 1. The van der Waals surface area contributed by atoms with Gasteiger partial charge in [-0.2, -0.15) is 0 Å². The van der Waals surface area contributed by atoms with Gasteiger partial charge >= 0.3 is 12.1 Å². The van der Waals surface area contributed by atoms with E-state index in [1.54, 1.807) is 24.3 Å². The lowest BCUT2D eigenvalue weighted by atomic mass is 10.3. The molecule has 0 aliphatic rings. The van der Waals surface area contributed by atoms with E-state index in [2.05, 4.69) is 5.32 Å². The van der Waals surface area contributed by atoms with Crippen molar-refractivity contribution in [3.05, 3.63) is 24.3 Å². The number of rotatable bonds is 5. The van der Waals surface area contributed by atoms with Crippen LogP contribution in [0.1, 0.15) is 6.92 Å². The van der Waals surface area contributed by atoms with Gasteiger partial charge in [-0.1, -0.05) is 6.07 Å². The molecule has 1 rings (SSSR count). The van der Waals surface area contributed by atoms with Crippen molar-refractivity contribution >= 4 is 12.1 Å².